The molecule has 0 aliphatic heterocycles. The van der Waals surface area contributed by atoms with Gasteiger partial charge in [0.2, 0.25) is 0 Å². The molecule has 2 fully saturated rings. The van der Waals surface area contributed by atoms with Crippen molar-refractivity contribution in [2.24, 2.45) is 11.8 Å². The molecule has 0 aromatic carbocycles. The molecular formula is C17H28O4. The van der Waals surface area contributed by atoms with Crippen LogP contribution in [0.4, 0.5) is 0 Å². The molecule has 4 heteroatoms. The second-order valence-corrected chi connectivity index (χ2v) is 6.48. The lowest BCUT2D eigenvalue weighted by Gasteiger charge is -2.21. The molecule has 0 unspecified atom stereocenters. The summed E-state index contributed by atoms with van der Waals surface area (Å²) in [6, 6.07) is 0. The summed E-state index contributed by atoms with van der Waals surface area (Å²) in [6.45, 7) is 1.84. The number of carbonyl (C=O) groups excluding carboxylic acids is 2. The average molecular weight is 296 g/mol. The van der Waals surface area contributed by atoms with E-state index in [0.717, 1.165) is 77.4 Å². The zero-order valence-corrected chi connectivity index (χ0v) is 13.0. The first kappa shape index (κ1) is 16.6. The van der Waals surface area contributed by atoms with Gasteiger partial charge in [-0.3, -0.25) is 9.59 Å². The van der Waals surface area contributed by atoms with E-state index in [1.54, 1.807) is 0 Å². The Morgan fingerprint density at radius 1 is 0.714 bits per heavy atom. The van der Waals surface area contributed by atoms with Crippen LogP contribution >= 0.6 is 0 Å². The molecule has 0 spiro atoms. The van der Waals surface area contributed by atoms with Gasteiger partial charge in [0.15, 0.2) is 0 Å². The van der Waals surface area contributed by atoms with Crippen molar-refractivity contribution in [3.8, 4) is 0 Å². The Balaban J connectivity index is 1.38. The Kier molecular flexibility index (Phi) is 7.37. The zero-order valence-electron chi connectivity index (χ0n) is 13.0. The molecule has 2 rings (SSSR count). The Bertz CT molecular complexity index is 288. The second-order valence-electron chi connectivity index (χ2n) is 6.48. The molecule has 2 aliphatic rings. The van der Waals surface area contributed by atoms with Gasteiger partial charge in [0.1, 0.15) is 18.4 Å². The van der Waals surface area contributed by atoms with E-state index in [2.05, 4.69) is 0 Å². The van der Waals surface area contributed by atoms with Crippen LogP contribution in [0.3, 0.4) is 0 Å². The van der Waals surface area contributed by atoms with Crippen molar-refractivity contribution in [3.05, 3.63) is 0 Å². The van der Waals surface area contributed by atoms with Gasteiger partial charge >= 0.3 is 0 Å². The molecule has 2 saturated carbocycles. The Morgan fingerprint density at radius 2 is 1.10 bits per heavy atom. The van der Waals surface area contributed by atoms with E-state index < -0.39 is 0 Å². The molecule has 0 atom stereocenters. The molecule has 21 heavy (non-hydrogen) atoms. The van der Waals surface area contributed by atoms with E-state index in [4.69, 9.17) is 9.47 Å². The maximum Gasteiger partial charge on any atom is 0.146 e. The standard InChI is InChI=1S/C17H28O4/c18-16-5-1-14(2-6-16)9-11-20-13-21-12-10-15-3-7-17(19)8-4-15/h14-15H,1-13H2. The quantitative estimate of drug-likeness (QED) is 0.509. The van der Waals surface area contributed by atoms with Gasteiger partial charge in [-0.2, -0.15) is 0 Å². The lowest BCUT2D eigenvalue weighted by atomic mass is 9.86. The van der Waals surface area contributed by atoms with Crippen LogP contribution in [0.15, 0.2) is 0 Å². The van der Waals surface area contributed by atoms with E-state index in [9.17, 15) is 9.59 Å². The summed E-state index contributed by atoms with van der Waals surface area (Å²) in [5.41, 5.74) is 0. The van der Waals surface area contributed by atoms with Crippen molar-refractivity contribution < 1.29 is 19.1 Å². The fourth-order valence-corrected chi connectivity index (χ4v) is 3.25. The number of hydrogen-bond donors (Lipinski definition) is 0. The van der Waals surface area contributed by atoms with E-state index in [0.29, 0.717) is 30.2 Å². The van der Waals surface area contributed by atoms with Crippen LogP contribution in [-0.4, -0.2) is 31.6 Å². The zero-order chi connectivity index (χ0) is 14.9. The highest BCUT2D eigenvalue weighted by molar-refractivity contribution is 5.79. The topological polar surface area (TPSA) is 52.6 Å². The monoisotopic (exact) mass is 296 g/mol. The third kappa shape index (κ3) is 6.70. The summed E-state index contributed by atoms with van der Waals surface area (Å²) in [6.07, 6.45) is 9.23. The van der Waals surface area contributed by atoms with Gasteiger partial charge in [0.25, 0.3) is 0 Å². The minimum absolute atomic E-state index is 0.372. The van der Waals surface area contributed by atoms with E-state index in [1.165, 1.54) is 0 Å². The van der Waals surface area contributed by atoms with Gasteiger partial charge < -0.3 is 9.47 Å². The SMILES string of the molecule is O=C1CCC(CCOCOCCC2CCC(=O)CC2)CC1. The van der Waals surface area contributed by atoms with Gasteiger partial charge in [0.05, 0.1) is 0 Å². The third-order valence-electron chi connectivity index (χ3n) is 4.83. The summed E-state index contributed by atoms with van der Waals surface area (Å²) in [5.74, 6) is 2.14. The predicted molar refractivity (Wildman–Crippen MR) is 79.9 cm³/mol. The highest BCUT2D eigenvalue weighted by Gasteiger charge is 2.19. The lowest BCUT2D eigenvalue weighted by Crippen LogP contribution is -2.17. The minimum atomic E-state index is 0.372. The number of ketones is 2. The van der Waals surface area contributed by atoms with E-state index >= 15 is 0 Å². The summed E-state index contributed by atoms with van der Waals surface area (Å²) in [4.78, 5) is 22.3. The first-order valence-corrected chi connectivity index (χ1v) is 8.43. The summed E-state index contributed by atoms with van der Waals surface area (Å²) < 4.78 is 11.0. The lowest BCUT2D eigenvalue weighted by molar-refractivity contribution is -0.121. The molecule has 4 nitrogen and oxygen atoms in total. The van der Waals surface area contributed by atoms with Crippen LogP contribution in [0.25, 0.3) is 0 Å². The largest absolute Gasteiger partial charge is 0.355 e. The maximum absolute atomic E-state index is 11.1. The number of carbonyl (C=O) groups is 2. The second kappa shape index (κ2) is 9.31. The summed E-state index contributed by atoms with van der Waals surface area (Å²) in [7, 11) is 0. The third-order valence-corrected chi connectivity index (χ3v) is 4.83. The van der Waals surface area contributed by atoms with Crippen molar-refractivity contribution in [2.75, 3.05) is 20.0 Å². The Hall–Kier alpha value is -0.740. The van der Waals surface area contributed by atoms with Crippen LogP contribution in [0, 0.1) is 11.8 Å². The van der Waals surface area contributed by atoms with Crippen LogP contribution in [0.1, 0.15) is 64.2 Å². The van der Waals surface area contributed by atoms with Crippen LogP contribution in [0.5, 0.6) is 0 Å². The van der Waals surface area contributed by atoms with Crippen molar-refractivity contribution >= 4 is 11.6 Å². The first-order chi connectivity index (χ1) is 10.2. The molecular weight excluding hydrogens is 268 g/mol. The fraction of sp³-hybridized carbons (Fsp3) is 0.882. The fourth-order valence-electron chi connectivity index (χ4n) is 3.25. The van der Waals surface area contributed by atoms with Gasteiger partial charge in [0, 0.05) is 38.9 Å². The van der Waals surface area contributed by atoms with Gasteiger partial charge in [-0.05, 0) is 50.4 Å². The summed E-state index contributed by atoms with van der Waals surface area (Å²) >= 11 is 0. The molecule has 120 valence electrons. The number of ether oxygens (including phenoxy) is 2. The normalized spacial score (nSPS) is 21.9. The number of hydrogen-bond acceptors (Lipinski definition) is 4. The Labute approximate surface area is 127 Å². The maximum atomic E-state index is 11.1. The molecule has 0 radical (unpaired) electrons. The average Bonchev–Trinajstić information content (AvgIpc) is 2.50. The van der Waals surface area contributed by atoms with E-state index in [-0.39, 0.29) is 0 Å². The molecule has 0 N–H and O–H groups in total. The molecule has 2 aliphatic carbocycles. The van der Waals surface area contributed by atoms with Crippen molar-refractivity contribution in [1.82, 2.24) is 0 Å². The van der Waals surface area contributed by atoms with Crippen LogP contribution in [0.2, 0.25) is 0 Å². The van der Waals surface area contributed by atoms with E-state index in [1.807, 2.05) is 0 Å². The van der Waals surface area contributed by atoms with Crippen molar-refractivity contribution in [2.45, 2.75) is 64.2 Å². The highest BCUT2D eigenvalue weighted by Crippen LogP contribution is 2.25. The molecule has 0 bridgehead atoms. The highest BCUT2D eigenvalue weighted by atomic mass is 16.7. The molecule has 0 saturated heterocycles. The van der Waals surface area contributed by atoms with Gasteiger partial charge in [-0.25, -0.2) is 0 Å². The van der Waals surface area contributed by atoms with Crippen LogP contribution < -0.4 is 0 Å². The van der Waals surface area contributed by atoms with Crippen LogP contribution in [-0.2, 0) is 19.1 Å². The molecule has 0 amide bonds. The number of rotatable bonds is 8. The molecule has 0 aromatic rings. The first-order valence-electron chi connectivity index (χ1n) is 8.43. The van der Waals surface area contributed by atoms with Crippen molar-refractivity contribution in [3.63, 3.8) is 0 Å². The number of Topliss-reactive ketones (excluding diaryl/α,β-unsaturated/α-hetero) is 2. The molecule has 0 heterocycles. The molecule has 0 aromatic heterocycles. The summed E-state index contributed by atoms with van der Waals surface area (Å²) in [5, 5.41) is 0. The van der Waals surface area contributed by atoms with Gasteiger partial charge in [-0.1, -0.05) is 0 Å². The van der Waals surface area contributed by atoms with Gasteiger partial charge in [-0.15, -0.1) is 0 Å². The predicted octanol–water partition coefficient (Wildman–Crippen LogP) is 3.28. The smallest absolute Gasteiger partial charge is 0.146 e. The van der Waals surface area contributed by atoms with Crippen molar-refractivity contribution in [1.29, 1.82) is 0 Å². The Morgan fingerprint density at radius 3 is 1.48 bits per heavy atom. The minimum Gasteiger partial charge on any atom is -0.355 e.